The molecule has 0 aliphatic rings. The summed E-state index contributed by atoms with van der Waals surface area (Å²) in [6, 6.07) is 7.89. The minimum absolute atomic E-state index is 0.566. The summed E-state index contributed by atoms with van der Waals surface area (Å²) in [6.45, 7) is 0. The van der Waals surface area contributed by atoms with Crippen molar-refractivity contribution in [3.05, 3.63) is 35.4 Å². The van der Waals surface area contributed by atoms with Gasteiger partial charge in [-0.2, -0.15) is 9.61 Å². The summed E-state index contributed by atoms with van der Waals surface area (Å²) in [6.07, 6.45) is 1.51. The summed E-state index contributed by atoms with van der Waals surface area (Å²) < 4.78 is 2.19. The Morgan fingerprint density at radius 2 is 2.14 bits per heavy atom. The Morgan fingerprint density at radius 1 is 1.29 bits per heavy atom. The predicted molar refractivity (Wildman–Crippen MR) is 55.7 cm³/mol. The van der Waals surface area contributed by atoms with Gasteiger partial charge in [0.05, 0.1) is 5.52 Å². The van der Waals surface area contributed by atoms with Gasteiger partial charge in [0.15, 0.2) is 5.65 Å². The molecule has 0 amide bonds. The van der Waals surface area contributed by atoms with Crippen LogP contribution in [-0.4, -0.2) is 19.6 Å². The van der Waals surface area contributed by atoms with Gasteiger partial charge in [0.25, 0.3) is 0 Å². The van der Waals surface area contributed by atoms with Gasteiger partial charge in [-0.3, -0.25) is 0 Å². The molecule has 2 aromatic heterocycles. The molecular weight excluding hydrogens is 196 g/mol. The number of nitrogens with zero attached hydrogens (tertiary/aromatic N) is 3. The molecule has 3 aromatic rings. The molecule has 5 heteroatoms. The molecule has 1 N–H and O–H groups in total. The van der Waals surface area contributed by atoms with Gasteiger partial charge < -0.3 is 4.98 Å². The molecule has 1 aromatic carbocycles. The number of nitrogens with one attached hydrogen (secondary N) is 1. The Labute approximate surface area is 84.2 Å². The van der Waals surface area contributed by atoms with Crippen molar-refractivity contribution in [2.75, 3.05) is 0 Å². The van der Waals surface area contributed by atoms with Crippen molar-refractivity contribution in [3.63, 3.8) is 0 Å². The fraction of sp³-hybridized carbons (Fsp3) is 0. The molecular formula is C9H6N4S. The van der Waals surface area contributed by atoms with Crippen molar-refractivity contribution < 1.29 is 0 Å². The van der Waals surface area contributed by atoms with Crippen molar-refractivity contribution in [1.82, 2.24) is 19.6 Å². The number of fused-ring (bicyclic) bond motifs is 3. The van der Waals surface area contributed by atoms with Gasteiger partial charge in [-0.1, -0.05) is 12.1 Å². The van der Waals surface area contributed by atoms with E-state index < -0.39 is 0 Å². The van der Waals surface area contributed by atoms with Crippen LogP contribution in [0, 0.1) is 4.77 Å². The fourth-order valence-electron chi connectivity index (χ4n) is 1.53. The zero-order valence-electron chi connectivity index (χ0n) is 7.14. The van der Waals surface area contributed by atoms with Crippen LogP contribution in [0.25, 0.3) is 16.6 Å². The van der Waals surface area contributed by atoms with E-state index in [9.17, 15) is 0 Å². The Kier molecular flexibility index (Phi) is 1.43. The van der Waals surface area contributed by atoms with E-state index in [2.05, 4.69) is 15.1 Å². The molecule has 4 nitrogen and oxygen atoms in total. The van der Waals surface area contributed by atoms with E-state index in [1.807, 2.05) is 24.3 Å². The third-order valence-corrected chi connectivity index (χ3v) is 2.42. The summed E-state index contributed by atoms with van der Waals surface area (Å²) in [7, 11) is 0. The van der Waals surface area contributed by atoms with Crippen LogP contribution in [-0.2, 0) is 0 Å². The maximum atomic E-state index is 5.14. The minimum Gasteiger partial charge on any atom is -0.330 e. The number of para-hydroxylation sites is 1. The molecule has 0 bridgehead atoms. The highest BCUT2D eigenvalue weighted by Crippen LogP contribution is 2.15. The number of rotatable bonds is 0. The van der Waals surface area contributed by atoms with E-state index in [0.717, 1.165) is 16.6 Å². The molecule has 0 saturated carbocycles. The van der Waals surface area contributed by atoms with Gasteiger partial charge in [-0.05, 0) is 24.4 Å². The molecule has 68 valence electrons. The van der Waals surface area contributed by atoms with Crippen LogP contribution in [0.5, 0.6) is 0 Å². The van der Waals surface area contributed by atoms with Crippen LogP contribution in [0.3, 0.4) is 0 Å². The lowest BCUT2D eigenvalue weighted by molar-refractivity contribution is 0.915. The van der Waals surface area contributed by atoms with Crippen molar-refractivity contribution >= 4 is 28.8 Å². The Balaban J connectivity index is 2.73. The zero-order valence-corrected chi connectivity index (χ0v) is 7.95. The maximum absolute atomic E-state index is 5.14. The Hall–Kier alpha value is -1.75. The topological polar surface area (TPSA) is 46.0 Å². The van der Waals surface area contributed by atoms with Gasteiger partial charge in [0, 0.05) is 5.39 Å². The Morgan fingerprint density at radius 3 is 3.07 bits per heavy atom. The molecule has 0 radical (unpaired) electrons. The number of aromatic amines is 1. The van der Waals surface area contributed by atoms with Crippen LogP contribution in [0.4, 0.5) is 0 Å². The fourth-order valence-corrected chi connectivity index (χ4v) is 1.77. The van der Waals surface area contributed by atoms with Crippen LogP contribution in [0.1, 0.15) is 0 Å². The zero-order chi connectivity index (χ0) is 9.54. The summed E-state index contributed by atoms with van der Waals surface area (Å²) in [5.74, 6) is 0. The summed E-state index contributed by atoms with van der Waals surface area (Å²) in [5.41, 5.74) is 1.78. The van der Waals surface area contributed by atoms with E-state index >= 15 is 0 Å². The SMILES string of the molecule is S=c1[nH]c2ccccc2c2ncnn12. The van der Waals surface area contributed by atoms with Crippen LogP contribution >= 0.6 is 12.2 Å². The first-order chi connectivity index (χ1) is 6.86. The van der Waals surface area contributed by atoms with E-state index in [4.69, 9.17) is 12.2 Å². The van der Waals surface area contributed by atoms with Gasteiger partial charge in [0.1, 0.15) is 6.33 Å². The van der Waals surface area contributed by atoms with E-state index in [-0.39, 0.29) is 0 Å². The number of hydrogen-bond acceptors (Lipinski definition) is 3. The summed E-state index contributed by atoms with van der Waals surface area (Å²) in [5, 5.41) is 5.06. The van der Waals surface area contributed by atoms with Gasteiger partial charge >= 0.3 is 0 Å². The molecule has 0 spiro atoms. The lowest BCUT2D eigenvalue weighted by Crippen LogP contribution is -1.93. The van der Waals surface area contributed by atoms with Crippen LogP contribution in [0.2, 0.25) is 0 Å². The number of H-pyrrole nitrogens is 1. The highest BCUT2D eigenvalue weighted by atomic mass is 32.1. The average molecular weight is 202 g/mol. The molecule has 0 aliphatic heterocycles. The number of hydrogen-bond donors (Lipinski definition) is 1. The van der Waals surface area contributed by atoms with Crippen molar-refractivity contribution in [2.45, 2.75) is 0 Å². The quantitative estimate of drug-likeness (QED) is 0.567. The van der Waals surface area contributed by atoms with Crippen molar-refractivity contribution in [1.29, 1.82) is 0 Å². The van der Waals surface area contributed by atoms with Crippen LogP contribution < -0.4 is 0 Å². The Bertz CT molecular complexity index is 667. The average Bonchev–Trinajstić information content (AvgIpc) is 2.67. The predicted octanol–water partition coefficient (Wildman–Crippen LogP) is 1.94. The van der Waals surface area contributed by atoms with Gasteiger partial charge in [0.2, 0.25) is 4.77 Å². The monoisotopic (exact) mass is 202 g/mol. The lowest BCUT2D eigenvalue weighted by Gasteiger charge is -1.99. The van der Waals surface area contributed by atoms with Gasteiger partial charge in [-0.15, -0.1) is 0 Å². The van der Waals surface area contributed by atoms with E-state index in [1.54, 1.807) is 4.52 Å². The second-order valence-corrected chi connectivity index (χ2v) is 3.36. The molecule has 0 fully saturated rings. The largest absolute Gasteiger partial charge is 0.330 e. The van der Waals surface area contributed by atoms with E-state index in [1.165, 1.54) is 6.33 Å². The summed E-state index contributed by atoms with van der Waals surface area (Å²) in [4.78, 5) is 7.27. The first-order valence-corrected chi connectivity index (χ1v) is 4.58. The molecule has 0 aliphatic carbocycles. The highest BCUT2D eigenvalue weighted by molar-refractivity contribution is 7.71. The smallest absolute Gasteiger partial charge is 0.200 e. The second kappa shape index (κ2) is 2.62. The van der Waals surface area contributed by atoms with Crippen LogP contribution in [0.15, 0.2) is 30.6 Å². The molecule has 14 heavy (non-hydrogen) atoms. The third-order valence-electron chi connectivity index (χ3n) is 2.15. The third kappa shape index (κ3) is 0.898. The normalized spacial score (nSPS) is 11.1. The first kappa shape index (κ1) is 7.64. The second-order valence-electron chi connectivity index (χ2n) is 2.97. The van der Waals surface area contributed by atoms with E-state index in [0.29, 0.717) is 4.77 Å². The van der Waals surface area contributed by atoms with Gasteiger partial charge in [-0.25, -0.2) is 4.98 Å². The number of aromatic nitrogens is 4. The van der Waals surface area contributed by atoms with Crippen molar-refractivity contribution in [2.24, 2.45) is 0 Å². The molecule has 0 unspecified atom stereocenters. The molecule has 3 rings (SSSR count). The molecule has 2 heterocycles. The first-order valence-electron chi connectivity index (χ1n) is 4.17. The highest BCUT2D eigenvalue weighted by Gasteiger charge is 2.02. The minimum atomic E-state index is 0.566. The number of benzene rings is 1. The lowest BCUT2D eigenvalue weighted by atomic mass is 10.2. The van der Waals surface area contributed by atoms with Crippen molar-refractivity contribution in [3.8, 4) is 0 Å². The summed E-state index contributed by atoms with van der Waals surface area (Å²) >= 11 is 5.14. The molecule has 0 saturated heterocycles. The standard InChI is InChI=1S/C9H6N4S/c14-9-12-7-4-2-1-3-6(7)8-10-5-11-13(8)9/h1-5H,(H,12,14). The maximum Gasteiger partial charge on any atom is 0.200 e. The molecule has 0 atom stereocenters.